The third-order valence-corrected chi connectivity index (χ3v) is 3.24. The first-order chi connectivity index (χ1) is 9.68. The first-order valence-corrected chi connectivity index (χ1v) is 7.10. The second kappa shape index (κ2) is 6.90. The van der Waals surface area contributed by atoms with Crippen molar-refractivity contribution in [3.63, 3.8) is 0 Å². The molecular weight excluding hydrogens is 244 g/mol. The average Bonchev–Trinajstić information content (AvgIpc) is 2.49. The zero-order valence-corrected chi connectivity index (χ0v) is 12.4. The Bertz CT molecular complexity index is 532. The molecule has 2 nitrogen and oxygen atoms in total. The van der Waals surface area contributed by atoms with Crippen LogP contribution >= 0.6 is 0 Å². The number of benzene rings is 2. The van der Waals surface area contributed by atoms with Gasteiger partial charge in [-0.1, -0.05) is 48.5 Å². The molecule has 0 aliphatic carbocycles. The fourth-order valence-electron chi connectivity index (χ4n) is 2.09. The van der Waals surface area contributed by atoms with E-state index < -0.39 is 0 Å². The molecule has 0 fully saturated rings. The van der Waals surface area contributed by atoms with Gasteiger partial charge in [-0.3, -0.25) is 4.99 Å². The van der Waals surface area contributed by atoms with Crippen LogP contribution in [0.15, 0.2) is 65.7 Å². The molecule has 0 bridgehead atoms. The Morgan fingerprint density at radius 2 is 1.40 bits per heavy atom. The third-order valence-electron chi connectivity index (χ3n) is 3.24. The highest BCUT2D eigenvalue weighted by molar-refractivity contribution is 5.80. The maximum atomic E-state index is 4.55. The van der Waals surface area contributed by atoms with Crippen LogP contribution in [-0.4, -0.2) is 12.4 Å². The van der Waals surface area contributed by atoms with Gasteiger partial charge in [0.1, 0.15) is 0 Å². The summed E-state index contributed by atoms with van der Waals surface area (Å²) in [6.45, 7) is 6.38. The number of hydrogen-bond acceptors (Lipinski definition) is 1. The van der Waals surface area contributed by atoms with Crippen molar-refractivity contribution in [1.29, 1.82) is 0 Å². The van der Waals surface area contributed by atoms with Gasteiger partial charge in [0, 0.05) is 11.7 Å². The molecule has 2 aromatic carbocycles. The topological polar surface area (TPSA) is 15.6 Å². The van der Waals surface area contributed by atoms with Crippen LogP contribution < -0.4 is 4.90 Å². The highest BCUT2D eigenvalue weighted by Crippen LogP contribution is 2.25. The van der Waals surface area contributed by atoms with Crippen molar-refractivity contribution >= 4 is 12.0 Å². The normalized spacial score (nSPS) is 12.8. The molecule has 1 atom stereocenters. The molecule has 0 heterocycles. The maximum Gasteiger partial charge on any atom is 0.0903 e. The summed E-state index contributed by atoms with van der Waals surface area (Å²) in [6, 6.07) is 21.4. The molecule has 0 amide bonds. The predicted molar refractivity (Wildman–Crippen MR) is 87.4 cm³/mol. The SMILES string of the molecule is CC(C)N=CN(c1ccccc1)C(C)c1ccccc1. The summed E-state index contributed by atoms with van der Waals surface area (Å²) in [5.41, 5.74) is 2.44. The molecule has 0 N–H and O–H groups in total. The van der Waals surface area contributed by atoms with Gasteiger partial charge in [-0.15, -0.1) is 0 Å². The second-order valence-electron chi connectivity index (χ2n) is 5.19. The molecule has 0 aromatic heterocycles. The van der Waals surface area contributed by atoms with E-state index in [4.69, 9.17) is 0 Å². The number of anilines is 1. The van der Waals surface area contributed by atoms with E-state index >= 15 is 0 Å². The van der Waals surface area contributed by atoms with Crippen LogP contribution in [0, 0.1) is 0 Å². The number of aliphatic imine (C=N–C) groups is 1. The first kappa shape index (κ1) is 14.3. The van der Waals surface area contributed by atoms with Gasteiger partial charge in [0.05, 0.1) is 12.4 Å². The van der Waals surface area contributed by atoms with E-state index in [-0.39, 0.29) is 6.04 Å². The summed E-state index contributed by atoms with van der Waals surface area (Å²) in [5, 5.41) is 0. The molecule has 104 valence electrons. The highest BCUT2D eigenvalue weighted by Gasteiger charge is 2.14. The Labute approximate surface area is 121 Å². The second-order valence-corrected chi connectivity index (χ2v) is 5.19. The molecule has 0 aliphatic heterocycles. The van der Waals surface area contributed by atoms with Crippen molar-refractivity contribution in [2.75, 3.05) is 4.90 Å². The van der Waals surface area contributed by atoms with Crippen molar-refractivity contribution in [3.05, 3.63) is 66.2 Å². The van der Waals surface area contributed by atoms with E-state index in [1.165, 1.54) is 5.56 Å². The summed E-state index contributed by atoms with van der Waals surface area (Å²) < 4.78 is 0. The quantitative estimate of drug-likeness (QED) is 0.566. The Morgan fingerprint density at radius 3 is 1.95 bits per heavy atom. The Balaban J connectivity index is 2.32. The van der Waals surface area contributed by atoms with Crippen LogP contribution in [0.5, 0.6) is 0 Å². The molecule has 0 radical (unpaired) electrons. The summed E-state index contributed by atoms with van der Waals surface area (Å²) in [7, 11) is 0. The fourth-order valence-corrected chi connectivity index (χ4v) is 2.09. The summed E-state index contributed by atoms with van der Waals surface area (Å²) >= 11 is 0. The van der Waals surface area contributed by atoms with Crippen molar-refractivity contribution in [1.82, 2.24) is 0 Å². The van der Waals surface area contributed by atoms with Gasteiger partial charge in [-0.2, -0.15) is 0 Å². The lowest BCUT2D eigenvalue weighted by molar-refractivity contribution is 0.781. The van der Waals surface area contributed by atoms with Crippen LogP contribution in [0.1, 0.15) is 32.4 Å². The highest BCUT2D eigenvalue weighted by atomic mass is 15.2. The van der Waals surface area contributed by atoms with E-state index in [0.29, 0.717) is 6.04 Å². The number of para-hydroxylation sites is 1. The minimum Gasteiger partial charge on any atom is -0.326 e. The van der Waals surface area contributed by atoms with E-state index in [2.05, 4.69) is 79.2 Å². The van der Waals surface area contributed by atoms with Crippen molar-refractivity contribution in [2.45, 2.75) is 32.9 Å². The summed E-state index contributed by atoms with van der Waals surface area (Å²) in [6.07, 6.45) is 1.96. The summed E-state index contributed by atoms with van der Waals surface area (Å²) in [5.74, 6) is 0. The van der Waals surface area contributed by atoms with Crippen LogP contribution in [0.25, 0.3) is 0 Å². The number of nitrogens with zero attached hydrogens (tertiary/aromatic N) is 2. The standard InChI is InChI=1S/C18H22N2/c1-15(2)19-14-20(18-12-8-5-9-13-18)16(3)17-10-6-4-7-11-17/h4-16H,1-3H3. The molecule has 1 unspecified atom stereocenters. The van der Waals surface area contributed by atoms with Gasteiger partial charge in [-0.05, 0) is 38.5 Å². The van der Waals surface area contributed by atoms with Crippen LogP contribution in [0.3, 0.4) is 0 Å². The molecular formula is C18H22N2. The van der Waals surface area contributed by atoms with Crippen LogP contribution in [0.2, 0.25) is 0 Å². The minimum absolute atomic E-state index is 0.251. The Hall–Kier alpha value is -2.09. The van der Waals surface area contributed by atoms with Crippen LogP contribution in [-0.2, 0) is 0 Å². The largest absolute Gasteiger partial charge is 0.326 e. The van der Waals surface area contributed by atoms with Gasteiger partial charge in [0.25, 0.3) is 0 Å². The van der Waals surface area contributed by atoms with Gasteiger partial charge < -0.3 is 4.90 Å². The lowest BCUT2D eigenvalue weighted by Crippen LogP contribution is -2.25. The zero-order valence-electron chi connectivity index (χ0n) is 12.4. The fraction of sp³-hybridized carbons (Fsp3) is 0.278. The van der Waals surface area contributed by atoms with E-state index in [1.54, 1.807) is 0 Å². The van der Waals surface area contributed by atoms with Crippen molar-refractivity contribution in [3.8, 4) is 0 Å². The molecule has 2 rings (SSSR count). The minimum atomic E-state index is 0.251. The Morgan fingerprint density at radius 1 is 0.850 bits per heavy atom. The average molecular weight is 266 g/mol. The smallest absolute Gasteiger partial charge is 0.0903 e. The van der Waals surface area contributed by atoms with E-state index in [1.807, 2.05) is 18.5 Å². The lowest BCUT2D eigenvalue weighted by atomic mass is 10.1. The maximum absolute atomic E-state index is 4.55. The predicted octanol–water partition coefficient (Wildman–Crippen LogP) is 4.69. The zero-order chi connectivity index (χ0) is 14.4. The molecule has 2 aromatic rings. The monoisotopic (exact) mass is 266 g/mol. The van der Waals surface area contributed by atoms with E-state index in [9.17, 15) is 0 Å². The Kier molecular flexibility index (Phi) is 4.94. The van der Waals surface area contributed by atoms with E-state index in [0.717, 1.165) is 5.69 Å². The molecule has 0 saturated heterocycles. The number of rotatable bonds is 5. The molecule has 20 heavy (non-hydrogen) atoms. The summed E-state index contributed by atoms with van der Waals surface area (Å²) in [4.78, 5) is 6.77. The molecule has 0 aliphatic rings. The molecule has 0 spiro atoms. The third kappa shape index (κ3) is 3.70. The molecule has 0 saturated carbocycles. The number of hydrogen-bond donors (Lipinski definition) is 0. The van der Waals surface area contributed by atoms with Gasteiger partial charge in [0.15, 0.2) is 0 Å². The lowest BCUT2D eigenvalue weighted by Gasteiger charge is -2.27. The first-order valence-electron chi connectivity index (χ1n) is 7.10. The molecule has 2 heteroatoms. The van der Waals surface area contributed by atoms with Gasteiger partial charge in [-0.25, -0.2) is 0 Å². The van der Waals surface area contributed by atoms with Crippen molar-refractivity contribution < 1.29 is 0 Å². The van der Waals surface area contributed by atoms with Gasteiger partial charge >= 0.3 is 0 Å². The van der Waals surface area contributed by atoms with Crippen LogP contribution in [0.4, 0.5) is 5.69 Å². The van der Waals surface area contributed by atoms with Crippen molar-refractivity contribution in [2.24, 2.45) is 4.99 Å². The van der Waals surface area contributed by atoms with Gasteiger partial charge in [0.2, 0.25) is 0 Å².